The molecule has 2 aromatic carbocycles. The molecule has 1 atom stereocenters. The first-order chi connectivity index (χ1) is 9.97. The van der Waals surface area contributed by atoms with E-state index in [0.717, 1.165) is 16.9 Å². The number of anilines is 2. The summed E-state index contributed by atoms with van der Waals surface area (Å²) in [7, 11) is 0. The highest BCUT2D eigenvalue weighted by Gasteiger charge is 2.16. The van der Waals surface area contributed by atoms with Gasteiger partial charge in [0.25, 0.3) is 5.91 Å². The molecule has 0 saturated heterocycles. The molecule has 0 radical (unpaired) electrons. The van der Waals surface area contributed by atoms with Gasteiger partial charge in [-0.05, 0) is 62.2 Å². The van der Waals surface area contributed by atoms with Crippen LogP contribution in [0.1, 0.15) is 18.1 Å². The molecule has 1 unspecified atom stereocenters. The van der Waals surface area contributed by atoms with Crippen molar-refractivity contribution in [1.82, 2.24) is 0 Å². The summed E-state index contributed by atoms with van der Waals surface area (Å²) in [4.78, 5) is 12.1. The lowest BCUT2D eigenvalue weighted by molar-refractivity contribution is -0.122. The number of rotatable bonds is 4. The van der Waals surface area contributed by atoms with Gasteiger partial charge in [-0.1, -0.05) is 12.1 Å². The van der Waals surface area contributed by atoms with Crippen LogP contribution in [0, 0.1) is 13.8 Å². The molecule has 21 heavy (non-hydrogen) atoms. The Bertz CT molecular complexity index is 636. The number of hydrogen-bond acceptors (Lipinski definition) is 3. The molecule has 0 aliphatic heterocycles. The number of nitrogens with one attached hydrogen (secondary N) is 1. The maximum Gasteiger partial charge on any atom is 0.265 e. The lowest BCUT2D eigenvalue weighted by Crippen LogP contribution is -2.30. The molecule has 1 amide bonds. The topological polar surface area (TPSA) is 64.3 Å². The van der Waals surface area contributed by atoms with E-state index in [4.69, 9.17) is 10.5 Å². The normalized spacial score (nSPS) is 11.8. The first-order valence-electron chi connectivity index (χ1n) is 6.86. The molecular weight excluding hydrogens is 264 g/mol. The molecule has 0 aliphatic rings. The summed E-state index contributed by atoms with van der Waals surface area (Å²) in [6, 6.07) is 12.8. The van der Waals surface area contributed by atoms with E-state index in [1.54, 1.807) is 31.2 Å². The number of amides is 1. The quantitative estimate of drug-likeness (QED) is 0.847. The van der Waals surface area contributed by atoms with E-state index in [1.165, 1.54) is 0 Å². The third kappa shape index (κ3) is 3.75. The van der Waals surface area contributed by atoms with Crippen molar-refractivity contribution in [3.05, 3.63) is 53.6 Å². The van der Waals surface area contributed by atoms with E-state index in [-0.39, 0.29) is 5.91 Å². The molecule has 0 bridgehead atoms. The molecule has 0 saturated carbocycles. The fourth-order valence-corrected chi connectivity index (χ4v) is 1.91. The van der Waals surface area contributed by atoms with Crippen molar-refractivity contribution < 1.29 is 9.53 Å². The predicted octanol–water partition coefficient (Wildman–Crippen LogP) is 3.29. The maximum atomic E-state index is 12.1. The minimum atomic E-state index is -0.581. The highest BCUT2D eigenvalue weighted by molar-refractivity contribution is 5.94. The van der Waals surface area contributed by atoms with Crippen LogP contribution in [-0.2, 0) is 4.79 Å². The van der Waals surface area contributed by atoms with Crippen molar-refractivity contribution in [2.24, 2.45) is 0 Å². The van der Waals surface area contributed by atoms with Gasteiger partial charge in [-0.25, -0.2) is 0 Å². The average Bonchev–Trinajstić information content (AvgIpc) is 2.46. The molecule has 0 aliphatic carbocycles. The molecule has 110 valence electrons. The predicted molar refractivity (Wildman–Crippen MR) is 85.5 cm³/mol. The SMILES string of the molecule is Cc1cccc(OC(C)C(=O)Nc2ccc(N)cc2)c1C. The van der Waals surface area contributed by atoms with E-state index < -0.39 is 6.10 Å². The van der Waals surface area contributed by atoms with Gasteiger partial charge in [0.1, 0.15) is 5.75 Å². The number of aryl methyl sites for hydroxylation is 1. The van der Waals surface area contributed by atoms with Gasteiger partial charge in [0, 0.05) is 11.4 Å². The van der Waals surface area contributed by atoms with E-state index in [1.807, 2.05) is 32.0 Å². The third-order valence-electron chi connectivity index (χ3n) is 3.41. The first-order valence-corrected chi connectivity index (χ1v) is 6.86. The van der Waals surface area contributed by atoms with Crippen molar-refractivity contribution in [2.75, 3.05) is 11.1 Å². The summed E-state index contributed by atoms with van der Waals surface area (Å²) < 4.78 is 5.75. The van der Waals surface area contributed by atoms with E-state index in [9.17, 15) is 4.79 Å². The Balaban J connectivity index is 2.02. The Hall–Kier alpha value is -2.49. The monoisotopic (exact) mass is 284 g/mol. The smallest absolute Gasteiger partial charge is 0.265 e. The Morgan fingerprint density at radius 2 is 1.81 bits per heavy atom. The van der Waals surface area contributed by atoms with Crippen molar-refractivity contribution in [3.63, 3.8) is 0 Å². The summed E-state index contributed by atoms with van der Waals surface area (Å²) in [5.74, 6) is 0.538. The minimum Gasteiger partial charge on any atom is -0.481 e. The van der Waals surface area contributed by atoms with Gasteiger partial charge in [0.2, 0.25) is 0 Å². The highest BCUT2D eigenvalue weighted by atomic mass is 16.5. The summed E-state index contributed by atoms with van der Waals surface area (Å²) in [6.45, 7) is 5.73. The fraction of sp³-hybridized carbons (Fsp3) is 0.235. The van der Waals surface area contributed by atoms with Crippen LogP contribution < -0.4 is 15.8 Å². The maximum absolute atomic E-state index is 12.1. The van der Waals surface area contributed by atoms with Gasteiger partial charge in [0.05, 0.1) is 0 Å². The lowest BCUT2D eigenvalue weighted by atomic mass is 10.1. The first kappa shape index (κ1) is 14.9. The highest BCUT2D eigenvalue weighted by Crippen LogP contribution is 2.22. The van der Waals surface area contributed by atoms with Crippen LogP contribution in [0.25, 0.3) is 0 Å². The molecule has 2 aromatic rings. The second-order valence-corrected chi connectivity index (χ2v) is 5.07. The molecule has 0 fully saturated rings. The number of hydrogen-bond donors (Lipinski definition) is 2. The standard InChI is InChI=1S/C17H20N2O2/c1-11-5-4-6-16(12(11)2)21-13(3)17(20)19-15-9-7-14(18)8-10-15/h4-10,13H,18H2,1-3H3,(H,19,20). The van der Waals surface area contributed by atoms with Crippen LogP contribution in [0.2, 0.25) is 0 Å². The van der Waals surface area contributed by atoms with Crippen LogP contribution in [0.3, 0.4) is 0 Å². The fourth-order valence-electron chi connectivity index (χ4n) is 1.91. The number of benzene rings is 2. The van der Waals surface area contributed by atoms with E-state index >= 15 is 0 Å². The van der Waals surface area contributed by atoms with E-state index in [2.05, 4.69) is 5.32 Å². The average molecular weight is 284 g/mol. The molecular formula is C17H20N2O2. The van der Waals surface area contributed by atoms with Crippen molar-refractivity contribution in [3.8, 4) is 5.75 Å². The number of carbonyl (C=O) groups is 1. The van der Waals surface area contributed by atoms with Crippen LogP contribution in [0.5, 0.6) is 5.75 Å². The largest absolute Gasteiger partial charge is 0.481 e. The van der Waals surface area contributed by atoms with Gasteiger partial charge in [-0.15, -0.1) is 0 Å². The van der Waals surface area contributed by atoms with Crippen molar-refractivity contribution in [1.29, 1.82) is 0 Å². The second kappa shape index (κ2) is 6.31. The summed E-state index contributed by atoms with van der Waals surface area (Å²) >= 11 is 0. The third-order valence-corrected chi connectivity index (χ3v) is 3.41. The van der Waals surface area contributed by atoms with E-state index in [0.29, 0.717) is 11.4 Å². The van der Waals surface area contributed by atoms with Gasteiger partial charge in [-0.3, -0.25) is 4.79 Å². The zero-order valence-corrected chi connectivity index (χ0v) is 12.5. The van der Waals surface area contributed by atoms with Crippen molar-refractivity contribution in [2.45, 2.75) is 26.9 Å². The van der Waals surface area contributed by atoms with Gasteiger partial charge in [-0.2, -0.15) is 0 Å². The Labute approximate surface area is 124 Å². The molecule has 4 nitrogen and oxygen atoms in total. The molecule has 2 rings (SSSR count). The molecule has 0 aromatic heterocycles. The second-order valence-electron chi connectivity index (χ2n) is 5.07. The van der Waals surface area contributed by atoms with Crippen LogP contribution in [0.15, 0.2) is 42.5 Å². The molecule has 3 N–H and O–H groups in total. The van der Waals surface area contributed by atoms with Gasteiger partial charge >= 0.3 is 0 Å². The summed E-state index contributed by atoms with van der Waals surface area (Å²) in [6.07, 6.45) is -0.581. The van der Waals surface area contributed by atoms with Crippen LogP contribution in [0.4, 0.5) is 11.4 Å². The summed E-state index contributed by atoms with van der Waals surface area (Å²) in [5.41, 5.74) is 9.16. The van der Waals surface area contributed by atoms with Gasteiger partial charge < -0.3 is 15.8 Å². The molecule has 4 heteroatoms. The number of carbonyl (C=O) groups excluding carboxylic acids is 1. The number of nitrogens with two attached hydrogens (primary N) is 1. The Morgan fingerprint density at radius 1 is 1.14 bits per heavy atom. The number of nitrogen functional groups attached to an aromatic ring is 1. The summed E-state index contributed by atoms with van der Waals surface area (Å²) in [5, 5.41) is 2.80. The minimum absolute atomic E-state index is 0.194. The Kier molecular flexibility index (Phi) is 4.48. The lowest BCUT2D eigenvalue weighted by Gasteiger charge is -2.17. The number of ether oxygens (including phenoxy) is 1. The zero-order valence-electron chi connectivity index (χ0n) is 12.5. The van der Waals surface area contributed by atoms with Crippen molar-refractivity contribution >= 4 is 17.3 Å². The zero-order chi connectivity index (χ0) is 15.4. The van der Waals surface area contributed by atoms with Crippen LogP contribution >= 0.6 is 0 Å². The molecule has 0 spiro atoms. The molecule has 0 heterocycles. The van der Waals surface area contributed by atoms with Gasteiger partial charge in [0.15, 0.2) is 6.10 Å². The van der Waals surface area contributed by atoms with Crippen LogP contribution in [-0.4, -0.2) is 12.0 Å². The Morgan fingerprint density at radius 3 is 2.48 bits per heavy atom.